The molecule has 0 spiro atoms. The molecule has 3 aromatic carbocycles. The number of carbonyl (C=O) groups excluding carboxylic acids is 2. The van der Waals surface area contributed by atoms with Gasteiger partial charge in [0.05, 0.1) is 17.0 Å². The van der Waals surface area contributed by atoms with Gasteiger partial charge in [-0.25, -0.2) is 0 Å². The van der Waals surface area contributed by atoms with E-state index in [0.29, 0.717) is 28.8 Å². The highest BCUT2D eigenvalue weighted by atomic mass is 16.5. The molecule has 5 rings (SSSR count). The highest BCUT2D eigenvalue weighted by molar-refractivity contribution is 5.99. The molecule has 0 bridgehead atoms. The molecule has 2 N–H and O–H groups in total. The number of fused-ring (bicyclic) bond motifs is 2. The Kier molecular flexibility index (Phi) is 5.37. The van der Waals surface area contributed by atoms with Crippen molar-refractivity contribution in [2.24, 2.45) is 5.73 Å². The number of aryl methyl sites for hydroxylation is 1. The van der Waals surface area contributed by atoms with E-state index in [2.05, 4.69) is 0 Å². The maximum Gasteiger partial charge on any atom is 0.291 e. The molecule has 0 saturated heterocycles. The summed E-state index contributed by atoms with van der Waals surface area (Å²) in [5.74, 6) is -0.384. The molecule has 7 heteroatoms. The maximum absolute atomic E-state index is 13.6. The van der Waals surface area contributed by atoms with Crippen LogP contribution in [0.5, 0.6) is 5.75 Å². The van der Waals surface area contributed by atoms with Crippen LogP contribution in [-0.4, -0.2) is 23.3 Å². The van der Waals surface area contributed by atoms with Crippen LogP contribution in [0.15, 0.2) is 82.0 Å². The van der Waals surface area contributed by atoms with Crippen molar-refractivity contribution in [3.63, 3.8) is 0 Å². The summed E-state index contributed by atoms with van der Waals surface area (Å²) in [6.45, 7) is 1.98. The first-order valence-corrected chi connectivity index (χ1v) is 10.9. The van der Waals surface area contributed by atoms with Crippen molar-refractivity contribution in [2.45, 2.75) is 19.5 Å². The molecule has 0 radical (unpaired) electrons. The predicted molar refractivity (Wildman–Crippen MR) is 127 cm³/mol. The number of nitrogens with two attached hydrogens (primary N) is 1. The van der Waals surface area contributed by atoms with Crippen LogP contribution in [0.4, 0.5) is 0 Å². The van der Waals surface area contributed by atoms with E-state index in [9.17, 15) is 14.4 Å². The fraction of sp³-hybridized carbons (Fsp3) is 0.148. The molecule has 1 aliphatic heterocycles. The average Bonchev–Trinajstić information content (AvgIpc) is 3.11. The number of carbonyl (C=O) groups is 2. The molecule has 1 atom stereocenters. The van der Waals surface area contributed by atoms with E-state index in [4.69, 9.17) is 14.9 Å². The van der Waals surface area contributed by atoms with Gasteiger partial charge in [-0.15, -0.1) is 0 Å². The first kappa shape index (κ1) is 21.5. The van der Waals surface area contributed by atoms with E-state index < -0.39 is 11.9 Å². The van der Waals surface area contributed by atoms with E-state index in [1.54, 1.807) is 41.3 Å². The molecule has 2 amide bonds. The summed E-state index contributed by atoms with van der Waals surface area (Å²) in [5.41, 5.74) is 8.23. The second-order valence-corrected chi connectivity index (χ2v) is 8.32. The van der Waals surface area contributed by atoms with Crippen LogP contribution in [0.2, 0.25) is 0 Å². The fourth-order valence-corrected chi connectivity index (χ4v) is 4.32. The predicted octanol–water partition coefficient (Wildman–Crippen LogP) is 3.71. The number of benzene rings is 3. The summed E-state index contributed by atoms with van der Waals surface area (Å²) in [7, 11) is 0. The molecule has 1 aromatic heterocycles. The van der Waals surface area contributed by atoms with Gasteiger partial charge in [0.25, 0.3) is 11.8 Å². The van der Waals surface area contributed by atoms with Gasteiger partial charge >= 0.3 is 0 Å². The molecular formula is C27H22N2O5. The quantitative estimate of drug-likeness (QED) is 0.478. The van der Waals surface area contributed by atoms with Crippen molar-refractivity contribution in [1.82, 2.24) is 4.90 Å². The van der Waals surface area contributed by atoms with Gasteiger partial charge in [-0.1, -0.05) is 54.1 Å². The van der Waals surface area contributed by atoms with Crippen LogP contribution in [-0.2, 0) is 11.3 Å². The third-order valence-electron chi connectivity index (χ3n) is 5.89. The van der Waals surface area contributed by atoms with Crippen LogP contribution < -0.4 is 15.9 Å². The van der Waals surface area contributed by atoms with Gasteiger partial charge in [0, 0.05) is 6.54 Å². The van der Waals surface area contributed by atoms with Gasteiger partial charge in [-0.3, -0.25) is 14.4 Å². The molecule has 0 fully saturated rings. The lowest BCUT2D eigenvalue weighted by Crippen LogP contribution is -2.29. The topological polar surface area (TPSA) is 103 Å². The Labute approximate surface area is 195 Å². The van der Waals surface area contributed by atoms with E-state index in [1.165, 1.54) is 0 Å². The molecule has 7 nitrogen and oxygen atoms in total. The largest absolute Gasteiger partial charge is 0.484 e. The minimum absolute atomic E-state index is 0.0661. The third-order valence-corrected chi connectivity index (χ3v) is 5.89. The number of nitrogens with zero attached hydrogens (tertiary/aromatic N) is 1. The summed E-state index contributed by atoms with van der Waals surface area (Å²) < 4.78 is 11.4. The minimum atomic E-state index is -0.631. The highest BCUT2D eigenvalue weighted by Gasteiger charge is 2.42. The molecule has 34 heavy (non-hydrogen) atoms. The number of primary amides is 1. The lowest BCUT2D eigenvalue weighted by molar-refractivity contribution is -0.119. The molecule has 4 aromatic rings. The lowest BCUT2D eigenvalue weighted by Gasteiger charge is -2.25. The Bertz CT molecular complexity index is 1460. The van der Waals surface area contributed by atoms with Gasteiger partial charge in [0.2, 0.25) is 5.76 Å². The zero-order valence-corrected chi connectivity index (χ0v) is 18.5. The van der Waals surface area contributed by atoms with Gasteiger partial charge in [0.1, 0.15) is 11.3 Å². The van der Waals surface area contributed by atoms with Crippen LogP contribution in [0.1, 0.15) is 38.9 Å². The Morgan fingerprint density at radius 1 is 1.03 bits per heavy atom. The molecule has 1 unspecified atom stereocenters. The van der Waals surface area contributed by atoms with E-state index in [0.717, 1.165) is 16.7 Å². The maximum atomic E-state index is 13.6. The number of amides is 2. The van der Waals surface area contributed by atoms with Crippen LogP contribution >= 0.6 is 0 Å². The molecule has 0 saturated carbocycles. The second-order valence-electron chi connectivity index (χ2n) is 8.32. The summed E-state index contributed by atoms with van der Waals surface area (Å²) >= 11 is 0. The summed E-state index contributed by atoms with van der Waals surface area (Å²) in [4.78, 5) is 39.8. The minimum Gasteiger partial charge on any atom is -0.484 e. The van der Waals surface area contributed by atoms with E-state index >= 15 is 0 Å². The standard InChI is InChI=1S/C27H22N2O5/c1-16-7-12-21-20(13-16)25(31)23-24(18-8-10-19(11-9-18)33-15-22(28)30)29(27(32)26(23)34-21)14-17-5-3-2-4-6-17/h2-13,24H,14-15H2,1H3,(H2,28,30). The highest BCUT2D eigenvalue weighted by Crippen LogP contribution is 2.39. The Balaban J connectivity index is 1.64. The second kappa shape index (κ2) is 8.51. The molecule has 0 aliphatic carbocycles. The van der Waals surface area contributed by atoms with Gasteiger partial charge in [-0.2, -0.15) is 0 Å². The molecule has 170 valence electrons. The SMILES string of the molecule is Cc1ccc2oc3c(c(=O)c2c1)C(c1ccc(OCC(N)=O)cc1)N(Cc1ccccc1)C3=O. The number of rotatable bonds is 6. The van der Waals surface area contributed by atoms with E-state index in [-0.39, 0.29) is 23.7 Å². The van der Waals surface area contributed by atoms with Crippen molar-refractivity contribution < 1.29 is 18.7 Å². The summed E-state index contributed by atoms with van der Waals surface area (Å²) in [5, 5.41) is 0.444. The van der Waals surface area contributed by atoms with Crippen molar-refractivity contribution in [1.29, 1.82) is 0 Å². The smallest absolute Gasteiger partial charge is 0.291 e. The zero-order valence-electron chi connectivity index (χ0n) is 18.5. The number of ether oxygens (including phenoxy) is 1. The lowest BCUT2D eigenvalue weighted by atomic mass is 9.98. The molecule has 2 heterocycles. The van der Waals surface area contributed by atoms with Crippen LogP contribution in [0.3, 0.4) is 0 Å². The Morgan fingerprint density at radius 2 is 1.76 bits per heavy atom. The van der Waals surface area contributed by atoms with Crippen LogP contribution in [0.25, 0.3) is 11.0 Å². The fourth-order valence-electron chi connectivity index (χ4n) is 4.32. The van der Waals surface area contributed by atoms with Crippen molar-refractivity contribution >= 4 is 22.8 Å². The third kappa shape index (κ3) is 3.81. The first-order valence-electron chi connectivity index (χ1n) is 10.9. The summed E-state index contributed by atoms with van der Waals surface area (Å²) in [6, 6.07) is 21.2. The van der Waals surface area contributed by atoms with Gasteiger partial charge < -0.3 is 19.8 Å². The number of hydrogen-bond acceptors (Lipinski definition) is 5. The monoisotopic (exact) mass is 454 g/mol. The molecular weight excluding hydrogens is 432 g/mol. The zero-order chi connectivity index (χ0) is 23.8. The summed E-state index contributed by atoms with van der Waals surface area (Å²) in [6.07, 6.45) is 0. The van der Waals surface area contributed by atoms with Crippen molar-refractivity contribution in [3.8, 4) is 5.75 Å². The van der Waals surface area contributed by atoms with Crippen molar-refractivity contribution in [2.75, 3.05) is 6.61 Å². The Hall–Kier alpha value is -4.39. The average molecular weight is 454 g/mol. The molecule has 1 aliphatic rings. The normalized spacial score (nSPS) is 14.9. The van der Waals surface area contributed by atoms with Crippen molar-refractivity contribution in [3.05, 3.63) is 111 Å². The van der Waals surface area contributed by atoms with Gasteiger partial charge in [-0.05, 0) is 42.3 Å². The van der Waals surface area contributed by atoms with E-state index in [1.807, 2.05) is 43.3 Å². The number of hydrogen-bond donors (Lipinski definition) is 1. The van der Waals surface area contributed by atoms with Crippen LogP contribution in [0, 0.1) is 6.92 Å². The first-order chi connectivity index (χ1) is 16.4. The Morgan fingerprint density at radius 3 is 2.47 bits per heavy atom. The van der Waals surface area contributed by atoms with Gasteiger partial charge in [0.15, 0.2) is 12.0 Å².